The fourth-order valence-electron chi connectivity index (χ4n) is 3.08. The Balaban J connectivity index is 1.94. The van der Waals surface area contributed by atoms with Crippen LogP contribution in [-0.2, 0) is 13.0 Å². The Hall–Kier alpha value is -3.15. The van der Waals surface area contributed by atoms with E-state index in [1.165, 1.54) is 16.8 Å². The number of benzene rings is 2. The van der Waals surface area contributed by atoms with Crippen molar-refractivity contribution in [3.05, 3.63) is 81.5 Å². The molecule has 0 spiro atoms. The summed E-state index contributed by atoms with van der Waals surface area (Å²) in [6.07, 6.45) is 1.62. The summed E-state index contributed by atoms with van der Waals surface area (Å²) >= 11 is 0. The van der Waals surface area contributed by atoms with Crippen LogP contribution in [0.15, 0.2) is 58.3 Å². The van der Waals surface area contributed by atoms with Gasteiger partial charge in [-0.1, -0.05) is 25.5 Å². The van der Waals surface area contributed by atoms with Crippen LogP contribution < -0.4 is 10.3 Å². The van der Waals surface area contributed by atoms with Gasteiger partial charge in [0.2, 0.25) is 0 Å². The van der Waals surface area contributed by atoms with Crippen molar-refractivity contribution in [1.29, 1.82) is 0 Å². The second-order valence-electron chi connectivity index (χ2n) is 6.58. The van der Waals surface area contributed by atoms with Crippen molar-refractivity contribution in [2.75, 3.05) is 7.11 Å². The largest absolute Gasteiger partial charge is 0.497 e. The van der Waals surface area contributed by atoms with Gasteiger partial charge in [-0.25, -0.2) is 9.07 Å². The molecule has 0 amide bonds. The van der Waals surface area contributed by atoms with Gasteiger partial charge in [-0.3, -0.25) is 14.9 Å². The number of aliphatic imine (C=N–C) groups is 1. The molecule has 0 bridgehead atoms. The molecule has 0 aliphatic rings. The third-order valence-electron chi connectivity index (χ3n) is 4.57. The number of nitrogens with one attached hydrogen (secondary N) is 1. The van der Waals surface area contributed by atoms with Gasteiger partial charge in [0.1, 0.15) is 11.6 Å². The van der Waals surface area contributed by atoms with Crippen molar-refractivity contribution < 1.29 is 9.13 Å². The maximum Gasteiger partial charge on any atom is 0.280 e. The van der Waals surface area contributed by atoms with Crippen LogP contribution in [0.1, 0.15) is 37.1 Å². The zero-order valence-electron chi connectivity index (χ0n) is 16.3. The molecule has 0 radical (unpaired) electrons. The fraction of sp³-hybridized carbons (Fsp3) is 0.273. The van der Waals surface area contributed by atoms with Crippen molar-refractivity contribution in [2.45, 2.75) is 33.2 Å². The Kier molecular flexibility index (Phi) is 6.09. The van der Waals surface area contributed by atoms with Gasteiger partial charge in [-0.2, -0.15) is 0 Å². The van der Waals surface area contributed by atoms with Gasteiger partial charge in [0.15, 0.2) is 0 Å². The molecule has 1 N–H and O–H groups in total. The molecule has 0 aliphatic heterocycles. The van der Waals surface area contributed by atoms with Crippen LogP contribution >= 0.6 is 0 Å². The molecule has 0 fully saturated rings. The zero-order chi connectivity index (χ0) is 20.1. The second kappa shape index (κ2) is 8.69. The number of aromatic amines is 1. The molecule has 0 saturated heterocycles. The van der Waals surface area contributed by atoms with Gasteiger partial charge in [-0.15, -0.1) is 0 Å². The highest BCUT2D eigenvalue weighted by Crippen LogP contribution is 2.14. The third-order valence-corrected chi connectivity index (χ3v) is 4.57. The first-order valence-electron chi connectivity index (χ1n) is 9.27. The highest BCUT2D eigenvalue weighted by atomic mass is 19.1. The van der Waals surface area contributed by atoms with Crippen LogP contribution in [-0.4, -0.2) is 22.6 Å². The van der Waals surface area contributed by atoms with Gasteiger partial charge in [-0.05, 0) is 55.3 Å². The summed E-state index contributed by atoms with van der Waals surface area (Å²) in [6, 6.07) is 13.5. The van der Waals surface area contributed by atoms with E-state index in [1.807, 2.05) is 31.2 Å². The van der Waals surface area contributed by atoms with E-state index >= 15 is 0 Å². The molecule has 0 unspecified atom stereocenters. The maximum atomic E-state index is 13.2. The lowest BCUT2D eigenvalue weighted by Gasteiger charge is -2.03. The van der Waals surface area contributed by atoms with Gasteiger partial charge < -0.3 is 4.74 Å². The smallest absolute Gasteiger partial charge is 0.280 e. The molecule has 6 heteroatoms. The number of hydrogen-bond acceptors (Lipinski definition) is 3. The average Bonchev–Trinajstić information content (AvgIpc) is 3.03. The predicted molar refractivity (Wildman–Crippen MR) is 109 cm³/mol. The summed E-state index contributed by atoms with van der Waals surface area (Å²) in [5, 5.41) is 3.17. The molecule has 1 heterocycles. The quantitative estimate of drug-likeness (QED) is 0.621. The molecule has 5 nitrogen and oxygen atoms in total. The monoisotopic (exact) mass is 381 g/mol. The summed E-state index contributed by atoms with van der Waals surface area (Å²) in [5.41, 5.74) is 3.56. The number of methoxy groups -OCH3 is 1. The summed E-state index contributed by atoms with van der Waals surface area (Å²) in [4.78, 5) is 17.7. The van der Waals surface area contributed by atoms with Crippen LogP contribution in [0.4, 0.5) is 4.39 Å². The van der Waals surface area contributed by atoms with Crippen molar-refractivity contribution in [3.8, 4) is 11.4 Å². The SMILES string of the molecule is CCCc1[nH]n(-c2ccc(F)cc2)c(=O)c1C(C)=NCc1ccc(OC)cc1. The first kappa shape index (κ1) is 19.6. The Morgan fingerprint density at radius 1 is 1.14 bits per heavy atom. The molecule has 146 valence electrons. The van der Waals surface area contributed by atoms with Crippen LogP contribution in [0, 0.1) is 5.82 Å². The molecule has 3 rings (SSSR count). The lowest BCUT2D eigenvalue weighted by Crippen LogP contribution is -2.20. The standard InChI is InChI=1S/C22H24FN3O2/c1-4-5-20-21(15(2)24-14-16-6-12-19(28-3)13-7-16)22(27)26(25-20)18-10-8-17(23)9-11-18/h6-13,25H,4-5,14H2,1-3H3. The van der Waals surface area contributed by atoms with E-state index in [4.69, 9.17) is 4.74 Å². The minimum atomic E-state index is -0.338. The Labute approximate surface area is 163 Å². The summed E-state index contributed by atoms with van der Waals surface area (Å²) in [7, 11) is 1.63. The molecular formula is C22H24FN3O2. The lowest BCUT2D eigenvalue weighted by molar-refractivity contribution is 0.414. The highest BCUT2D eigenvalue weighted by Gasteiger charge is 2.17. The Morgan fingerprint density at radius 3 is 2.43 bits per heavy atom. The molecular weight excluding hydrogens is 357 g/mol. The average molecular weight is 381 g/mol. The number of nitrogens with zero attached hydrogens (tertiary/aromatic N) is 2. The summed E-state index contributed by atoms with van der Waals surface area (Å²) < 4.78 is 19.8. The molecule has 2 aromatic carbocycles. The van der Waals surface area contributed by atoms with E-state index in [9.17, 15) is 9.18 Å². The third kappa shape index (κ3) is 4.22. The lowest BCUT2D eigenvalue weighted by atomic mass is 10.1. The molecule has 3 aromatic rings. The number of hydrogen-bond donors (Lipinski definition) is 1. The number of aromatic nitrogens is 2. The first-order valence-corrected chi connectivity index (χ1v) is 9.27. The highest BCUT2D eigenvalue weighted by molar-refractivity contribution is 5.99. The minimum absolute atomic E-state index is 0.175. The van der Waals surface area contributed by atoms with Crippen molar-refractivity contribution in [1.82, 2.24) is 9.78 Å². The number of rotatable bonds is 7. The molecule has 28 heavy (non-hydrogen) atoms. The second-order valence-corrected chi connectivity index (χ2v) is 6.58. The van der Waals surface area contributed by atoms with Crippen LogP contribution in [0.25, 0.3) is 5.69 Å². The topological polar surface area (TPSA) is 59.4 Å². The van der Waals surface area contributed by atoms with Crippen molar-refractivity contribution >= 4 is 5.71 Å². The molecule has 0 aliphatic carbocycles. The van der Waals surface area contributed by atoms with Gasteiger partial charge in [0.25, 0.3) is 5.56 Å². The van der Waals surface area contributed by atoms with E-state index < -0.39 is 0 Å². The normalized spacial score (nSPS) is 11.6. The molecule has 0 saturated carbocycles. The number of halogens is 1. The van der Waals surface area contributed by atoms with E-state index in [2.05, 4.69) is 17.0 Å². The number of H-pyrrole nitrogens is 1. The van der Waals surface area contributed by atoms with E-state index in [1.54, 1.807) is 19.2 Å². The van der Waals surface area contributed by atoms with Crippen molar-refractivity contribution in [3.63, 3.8) is 0 Å². The van der Waals surface area contributed by atoms with Crippen LogP contribution in [0.5, 0.6) is 5.75 Å². The number of aryl methyl sites for hydroxylation is 1. The van der Waals surface area contributed by atoms with E-state index in [0.717, 1.165) is 29.8 Å². The van der Waals surface area contributed by atoms with E-state index in [0.29, 0.717) is 23.5 Å². The van der Waals surface area contributed by atoms with Gasteiger partial charge >= 0.3 is 0 Å². The Bertz CT molecular complexity index is 1020. The fourth-order valence-corrected chi connectivity index (χ4v) is 3.08. The molecule has 0 atom stereocenters. The summed E-state index contributed by atoms with van der Waals surface area (Å²) in [5.74, 6) is 0.456. The maximum absolute atomic E-state index is 13.2. The van der Waals surface area contributed by atoms with Gasteiger partial charge in [0, 0.05) is 11.4 Å². The van der Waals surface area contributed by atoms with Crippen LogP contribution in [0.3, 0.4) is 0 Å². The Morgan fingerprint density at radius 2 is 1.82 bits per heavy atom. The van der Waals surface area contributed by atoms with Crippen molar-refractivity contribution in [2.24, 2.45) is 4.99 Å². The van der Waals surface area contributed by atoms with E-state index in [-0.39, 0.29) is 11.4 Å². The molecule has 1 aromatic heterocycles. The first-order chi connectivity index (χ1) is 13.5. The number of ether oxygens (including phenoxy) is 1. The zero-order valence-corrected chi connectivity index (χ0v) is 16.3. The predicted octanol–water partition coefficient (Wildman–Crippen LogP) is 4.28. The minimum Gasteiger partial charge on any atom is -0.497 e. The van der Waals surface area contributed by atoms with Gasteiger partial charge in [0.05, 0.1) is 24.9 Å². The summed E-state index contributed by atoms with van der Waals surface area (Å²) in [6.45, 7) is 4.38. The van der Waals surface area contributed by atoms with Crippen LogP contribution in [0.2, 0.25) is 0 Å².